The van der Waals surface area contributed by atoms with Gasteiger partial charge in [0, 0.05) is 13.5 Å². The molecule has 21 heavy (non-hydrogen) atoms. The second-order valence-corrected chi connectivity index (χ2v) is 4.90. The van der Waals surface area contributed by atoms with Crippen LogP contribution in [0.25, 0.3) is 11.0 Å². The minimum absolute atomic E-state index is 0.615. The molecule has 0 spiro atoms. The Kier molecular flexibility index (Phi) is 3.33. The van der Waals surface area contributed by atoms with Crippen LogP contribution in [0, 0.1) is 11.3 Å². The van der Waals surface area contributed by atoms with Gasteiger partial charge >= 0.3 is 0 Å². The van der Waals surface area contributed by atoms with E-state index in [0.29, 0.717) is 5.56 Å². The number of aromatic nitrogens is 2. The van der Waals surface area contributed by atoms with Gasteiger partial charge in [0.25, 0.3) is 0 Å². The van der Waals surface area contributed by atoms with E-state index in [4.69, 9.17) is 4.74 Å². The van der Waals surface area contributed by atoms with Crippen molar-refractivity contribution >= 4 is 11.0 Å². The van der Waals surface area contributed by atoms with Gasteiger partial charge in [-0.25, -0.2) is 4.98 Å². The molecule has 0 aliphatic heterocycles. The molecule has 0 saturated carbocycles. The molecule has 0 radical (unpaired) electrons. The van der Waals surface area contributed by atoms with Gasteiger partial charge in [-0.3, -0.25) is 0 Å². The van der Waals surface area contributed by atoms with Crippen molar-refractivity contribution < 1.29 is 4.74 Å². The van der Waals surface area contributed by atoms with E-state index >= 15 is 0 Å². The minimum atomic E-state index is 0.615. The largest absolute Gasteiger partial charge is 0.497 e. The van der Waals surface area contributed by atoms with Crippen LogP contribution in [0.2, 0.25) is 0 Å². The van der Waals surface area contributed by atoms with E-state index in [0.717, 1.165) is 34.6 Å². The Morgan fingerprint density at radius 3 is 2.62 bits per heavy atom. The van der Waals surface area contributed by atoms with Crippen molar-refractivity contribution in [2.24, 2.45) is 7.05 Å². The number of nitriles is 1. The lowest BCUT2D eigenvalue weighted by atomic mass is 10.1. The Morgan fingerprint density at radius 1 is 1.19 bits per heavy atom. The molecule has 4 heteroatoms. The van der Waals surface area contributed by atoms with Crippen molar-refractivity contribution in [2.75, 3.05) is 7.11 Å². The number of imidazole rings is 1. The topological polar surface area (TPSA) is 50.8 Å². The maximum Gasteiger partial charge on any atom is 0.118 e. The van der Waals surface area contributed by atoms with Crippen LogP contribution < -0.4 is 4.74 Å². The smallest absolute Gasteiger partial charge is 0.118 e. The van der Waals surface area contributed by atoms with Crippen molar-refractivity contribution in [1.82, 2.24) is 9.55 Å². The summed E-state index contributed by atoms with van der Waals surface area (Å²) in [6.45, 7) is 0. The number of rotatable bonds is 3. The van der Waals surface area contributed by atoms with Crippen molar-refractivity contribution in [3.05, 3.63) is 59.4 Å². The fourth-order valence-electron chi connectivity index (χ4n) is 2.44. The molecule has 0 aliphatic carbocycles. The zero-order chi connectivity index (χ0) is 14.8. The number of benzene rings is 2. The fraction of sp³-hybridized carbons (Fsp3) is 0.176. The predicted octanol–water partition coefficient (Wildman–Crippen LogP) is 3.04. The van der Waals surface area contributed by atoms with E-state index in [1.165, 1.54) is 0 Å². The van der Waals surface area contributed by atoms with Gasteiger partial charge in [-0.05, 0) is 29.8 Å². The highest BCUT2D eigenvalue weighted by Gasteiger charge is 2.11. The number of fused-ring (bicyclic) bond motifs is 1. The molecule has 0 N–H and O–H groups in total. The van der Waals surface area contributed by atoms with Crippen LogP contribution in [-0.2, 0) is 13.5 Å². The van der Waals surface area contributed by atoms with Crippen LogP contribution in [0.15, 0.2) is 42.5 Å². The van der Waals surface area contributed by atoms with E-state index in [-0.39, 0.29) is 0 Å². The molecule has 104 valence electrons. The first-order valence-electron chi connectivity index (χ1n) is 6.70. The van der Waals surface area contributed by atoms with Crippen LogP contribution in [0.4, 0.5) is 0 Å². The van der Waals surface area contributed by atoms with E-state index < -0.39 is 0 Å². The molecule has 0 saturated heterocycles. The molecule has 0 bridgehead atoms. The third-order valence-electron chi connectivity index (χ3n) is 3.65. The zero-order valence-electron chi connectivity index (χ0n) is 12.0. The second-order valence-electron chi connectivity index (χ2n) is 4.90. The molecule has 0 aliphatic rings. The highest BCUT2D eigenvalue weighted by Crippen LogP contribution is 2.21. The molecule has 3 rings (SSSR count). The van der Waals surface area contributed by atoms with Gasteiger partial charge in [0.15, 0.2) is 0 Å². The van der Waals surface area contributed by atoms with E-state index in [9.17, 15) is 5.26 Å². The summed E-state index contributed by atoms with van der Waals surface area (Å²) in [6.07, 6.45) is 0.722. The van der Waals surface area contributed by atoms with Crippen LogP contribution in [0.3, 0.4) is 0 Å². The Labute approximate surface area is 123 Å². The molecule has 0 amide bonds. The van der Waals surface area contributed by atoms with Gasteiger partial charge < -0.3 is 9.30 Å². The van der Waals surface area contributed by atoms with E-state index in [1.54, 1.807) is 13.2 Å². The maximum absolute atomic E-state index is 9.17. The van der Waals surface area contributed by atoms with Gasteiger partial charge in [-0.1, -0.05) is 18.2 Å². The van der Waals surface area contributed by atoms with Crippen LogP contribution in [0.1, 0.15) is 17.0 Å². The van der Waals surface area contributed by atoms with Crippen LogP contribution >= 0.6 is 0 Å². The Bertz CT molecular complexity index is 826. The summed E-state index contributed by atoms with van der Waals surface area (Å²) in [6, 6.07) is 15.8. The van der Waals surface area contributed by atoms with E-state index in [1.807, 2.05) is 48.0 Å². The molecule has 3 aromatic rings. The fourth-order valence-corrected chi connectivity index (χ4v) is 2.44. The quantitative estimate of drug-likeness (QED) is 0.739. The molecule has 1 heterocycles. The lowest BCUT2D eigenvalue weighted by molar-refractivity contribution is 0.414. The van der Waals surface area contributed by atoms with Crippen molar-refractivity contribution in [1.29, 1.82) is 5.26 Å². The van der Waals surface area contributed by atoms with Gasteiger partial charge in [0.2, 0.25) is 0 Å². The third kappa shape index (κ3) is 2.34. The summed E-state index contributed by atoms with van der Waals surface area (Å²) in [4.78, 5) is 4.63. The summed E-state index contributed by atoms with van der Waals surface area (Å²) in [5.41, 5.74) is 3.53. The summed E-state index contributed by atoms with van der Waals surface area (Å²) < 4.78 is 7.21. The second kappa shape index (κ2) is 5.29. The molecule has 2 aromatic carbocycles. The lowest BCUT2D eigenvalue weighted by Crippen LogP contribution is -1.99. The van der Waals surface area contributed by atoms with Gasteiger partial charge in [0.1, 0.15) is 23.2 Å². The number of hydrogen-bond acceptors (Lipinski definition) is 3. The summed E-state index contributed by atoms with van der Waals surface area (Å²) in [5.74, 6) is 1.79. The third-order valence-corrected chi connectivity index (χ3v) is 3.65. The first kappa shape index (κ1) is 13.2. The number of hydrogen-bond donors (Lipinski definition) is 0. The minimum Gasteiger partial charge on any atom is -0.497 e. The highest BCUT2D eigenvalue weighted by molar-refractivity contribution is 5.82. The van der Waals surface area contributed by atoms with Crippen LogP contribution in [0.5, 0.6) is 5.75 Å². The molecule has 1 aromatic heterocycles. The van der Waals surface area contributed by atoms with Gasteiger partial charge in [-0.15, -0.1) is 0 Å². The number of methoxy groups -OCH3 is 1. The highest BCUT2D eigenvalue weighted by atomic mass is 16.5. The normalized spacial score (nSPS) is 10.5. The lowest BCUT2D eigenvalue weighted by Gasteiger charge is -2.04. The van der Waals surface area contributed by atoms with Crippen molar-refractivity contribution in [2.45, 2.75) is 6.42 Å². The first-order chi connectivity index (χ1) is 10.2. The molecule has 0 unspecified atom stereocenters. The van der Waals surface area contributed by atoms with Gasteiger partial charge in [0.05, 0.1) is 18.2 Å². The summed E-state index contributed by atoms with van der Waals surface area (Å²) in [5, 5.41) is 9.17. The molecule has 0 atom stereocenters. The average molecular weight is 277 g/mol. The first-order valence-corrected chi connectivity index (χ1v) is 6.70. The Morgan fingerprint density at radius 2 is 1.95 bits per heavy atom. The molecular formula is C17H15N3O. The monoisotopic (exact) mass is 277 g/mol. The standard InChI is InChI=1S/C17H15N3O/c1-20-15-5-3-4-13(11-18)17(15)19-16(20)10-12-6-8-14(21-2)9-7-12/h3-9H,10H2,1-2H3. The van der Waals surface area contributed by atoms with Crippen LogP contribution in [-0.4, -0.2) is 16.7 Å². The predicted molar refractivity (Wildman–Crippen MR) is 81.2 cm³/mol. The van der Waals surface area contributed by atoms with Crippen molar-refractivity contribution in [3.8, 4) is 11.8 Å². The number of aryl methyl sites for hydroxylation is 1. The number of ether oxygens (including phenoxy) is 1. The van der Waals surface area contributed by atoms with Gasteiger partial charge in [-0.2, -0.15) is 5.26 Å². The maximum atomic E-state index is 9.17. The molecule has 4 nitrogen and oxygen atoms in total. The van der Waals surface area contributed by atoms with E-state index in [2.05, 4.69) is 11.1 Å². The number of para-hydroxylation sites is 1. The molecule has 0 fully saturated rings. The SMILES string of the molecule is COc1ccc(Cc2nc3c(C#N)cccc3n2C)cc1. The Hall–Kier alpha value is -2.80. The Balaban J connectivity index is 2.00. The number of nitrogens with zero attached hydrogens (tertiary/aromatic N) is 3. The van der Waals surface area contributed by atoms with Crippen molar-refractivity contribution in [3.63, 3.8) is 0 Å². The molecular weight excluding hydrogens is 262 g/mol. The average Bonchev–Trinajstić information content (AvgIpc) is 2.84. The summed E-state index contributed by atoms with van der Waals surface area (Å²) in [7, 11) is 3.64. The summed E-state index contributed by atoms with van der Waals surface area (Å²) >= 11 is 0. The zero-order valence-corrected chi connectivity index (χ0v) is 12.0.